The highest BCUT2D eigenvalue weighted by molar-refractivity contribution is 6.04. The maximum atomic E-state index is 12.3. The third-order valence-electron chi connectivity index (χ3n) is 4.62. The molecule has 0 saturated carbocycles. The van der Waals surface area contributed by atoms with E-state index in [2.05, 4.69) is 23.5 Å². The van der Waals surface area contributed by atoms with Crippen LogP contribution in [0, 0.1) is 0 Å². The number of carbonyl (C=O) groups is 2. The van der Waals surface area contributed by atoms with E-state index in [1.807, 2.05) is 12.1 Å². The molecular formula is C20H25N3O3. The van der Waals surface area contributed by atoms with Gasteiger partial charge in [0.25, 0.3) is 11.8 Å². The molecule has 26 heavy (non-hydrogen) atoms. The Balaban J connectivity index is 1.59. The van der Waals surface area contributed by atoms with E-state index >= 15 is 0 Å². The van der Waals surface area contributed by atoms with Crippen molar-refractivity contribution in [2.75, 3.05) is 18.1 Å². The van der Waals surface area contributed by atoms with E-state index in [0.717, 1.165) is 31.4 Å². The minimum Gasteiger partial charge on any atom is -0.482 e. The first-order valence-corrected chi connectivity index (χ1v) is 9.26. The number of hydrogen-bond acceptors (Lipinski definition) is 4. The molecule has 2 amide bonds. The third kappa shape index (κ3) is 4.31. The Morgan fingerprint density at radius 1 is 1.31 bits per heavy atom. The number of para-hydroxylation sites is 2. The second-order valence-corrected chi connectivity index (χ2v) is 6.55. The van der Waals surface area contributed by atoms with Crippen LogP contribution in [0.15, 0.2) is 41.0 Å². The van der Waals surface area contributed by atoms with Gasteiger partial charge in [0.15, 0.2) is 6.61 Å². The number of anilines is 1. The molecule has 0 atom stereocenters. The lowest BCUT2D eigenvalue weighted by atomic mass is 10.1. The number of carbonyl (C=O) groups excluding carboxylic acids is 2. The smallest absolute Gasteiger partial charge is 0.265 e. The van der Waals surface area contributed by atoms with E-state index in [-0.39, 0.29) is 25.0 Å². The molecule has 0 aromatic heterocycles. The van der Waals surface area contributed by atoms with Gasteiger partial charge in [0.2, 0.25) is 0 Å². The Hall–Kier alpha value is -2.63. The number of allylic oxidation sites excluding steroid dienone is 2. The van der Waals surface area contributed by atoms with Gasteiger partial charge in [0, 0.05) is 0 Å². The van der Waals surface area contributed by atoms with E-state index in [1.165, 1.54) is 23.3 Å². The maximum Gasteiger partial charge on any atom is 0.265 e. The lowest BCUT2D eigenvalue weighted by molar-refractivity contribution is -0.125. The second-order valence-electron chi connectivity index (χ2n) is 6.55. The fourth-order valence-electron chi connectivity index (χ4n) is 3.24. The predicted octanol–water partition coefficient (Wildman–Crippen LogP) is 3.18. The zero-order chi connectivity index (χ0) is 18.4. The fourth-order valence-corrected chi connectivity index (χ4v) is 3.24. The molecule has 2 aliphatic rings. The molecule has 1 aromatic rings. The number of rotatable bonds is 7. The van der Waals surface area contributed by atoms with Crippen LogP contribution in [0.5, 0.6) is 5.75 Å². The minimum absolute atomic E-state index is 0.0525. The summed E-state index contributed by atoms with van der Waals surface area (Å²) in [7, 11) is 0. The van der Waals surface area contributed by atoms with Crippen molar-refractivity contribution in [1.82, 2.24) is 5.43 Å². The van der Waals surface area contributed by atoms with Gasteiger partial charge < -0.3 is 4.74 Å². The molecule has 1 aromatic carbocycles. The summed E-state index contributed by atoms with van der Waals surface area (Å²) in [5, 5.41) is 4.31. The number of nitrogens with zero attached hydrogens (tertiary/aromatic N) is 2. The van der Waals surface area contributed by atoms with Gasteiger partial charge in [-0.05, 0) is 43.4 Å². The van der Waals surface area contributed by atoms with Gasteiger partial charge in [-0.15, -0.1) is 0 Å². The number of amides is 2. The molecule has 1 N–H and O–H groups in total. The molecule has 138 valence electrons. The lowest BCUT2D eigenvalue weighted by Crippen LogP contribution is -2.44. The summed E-state index contributed by atoms with van der Waals surface area (Å²) in [5.74, 6) is 0.0815. The van der Waals surface area contributed by atoms with Crippen LogP contribution in [0.2, 0.25) is 0 Å². The van der Waals surface area contributed by atoms with Crippen LogP contribution in [-0.4, -0.2) is 30.7 Å². The quantitative estimate of drug-likeness (QED) is 0.603. The van der Waals surface area contributed by atoms with Crippen LogP contribution in [0.3, 0.4) is 0 Å². The Morgan fingerprint density at radius 2 is 2.15 bits per heavy atom. The summed E-state index contributed by atoms with van der Waals surface area (Å²) in [5.41, 5.74) is 5.44. The van der Waals surface area contributed by atoms with Gasteiger partial charge in [-0.2, -0.15) is 5.10 Å². The van der Waals surface area contributed by atoms with Gasteiger partial charge >= 0.3 is 0 Å². The number of benzene rings is 1. The fraction of sp³-hybridized carbons (Fsp3) is 0.450. The first-order chi connectivity index (χ1) is 12.7. The SMILES string of the molecule is CCCCCC1=CCC/C1=N/NC(=O)CN1C(=O)COc2ccccc21. The van der Waals surface area contributed by atoms with E-state index < -0.39 is 0 Å². The van der Waals surface area contributed by atoms with E-state index in [0.29, 0.717) is 11.4 Å². The van der Waals surface area contributed by atoms with Crippen LogP contribution in [0.4, 0.5) is 5.69 Å². The number of ether oxygens (including phenoxy) is 1. The standard InChI is InChI=1S/C20H25N3O3/c1-2-3-4-8-15-9-7-10-16(15)21-22-19(24)13-23-17-11-5-6-12-18(17)26-14-20(23)25/h5-6,9,11-12H,2-4,7-8,10,13-14H2,1H3,(H,22,24)/b21-16-. The van der Waals surface area contributed by atoms with Crippen LogP contribution in [0.1, 0.15) is 45.4 Å². The normalized spacial score (nSPS) is 17.7. The van der Waals surface area contributed by atoms with Crippen molar-refractivity contribution in [3.05, 3.63) is 35.9 Å². The van der Waals surface area contributed by atoms with Crippen LogP contribution >= 0.6 is 0 Å². The number of unbranched alkanes of at least 4 members (excludes halogenated alkanes) is 2. The van der Waals surface area contributed by atoms with Gasteiger partial charge in [-0.1, -0.05) is 38.0 Å². The van der Waals surface area contributed by atoms with Crippen LogP contribution < -0.4 is 15.1 Å². The van der Waals surface area contributed by atoms with Crippen molar-refractivity contribution in [3.63, 3.8) is 0 Å². The second kappa shape index (κ2) is 8.65. The highest BCUT2D eigenvalue weighted by Crippen LogP contribution is 2.31. The number of nitrogens with one attached hydrogen (secondary N) is 1. The molecule has 0 spiro atoms. The molecule has 1 heterocycles. The maximum absolute atomic E-state index is 12.3. The molecule has 0 unspecified atom stereocenters. The molecular weight excluding hydrogens is 330 g/mol. The number of hydrazone groups is 1. The van der Waals surface area contributed by atoms with Gasteiger partial charge in [-0.3, -0.25) is 14.5 Å². The Labute approximate surface area is 153 Å². The molecule has 0 saturated heterocycles. The molecule has 0 fully saturated rings. The van der Waals surface area contributed by atoms with E-state index in [4.69, 9.17) is 4.74 Å². The highest BCUT2D eigenvalue weighted by Gasteiger charge is 2.27. The van der Waals surface area contributed by atoms with E-state index in [1.54, 1.807) is 12.1 Å². The molecule has 6 heteroatoms. The summed E-state index contributed by atoms with van der Waals surface area (Å²) >= 11 is 0. The van der Waals surface area contributed by atoms with Crippen molar-refractivity contribution >= 4 is 23.2 Å². The summed E-state index contributed by atoms with van der Waals surface area (Å²) in [6.45, 7) is 2.07. The molecule has 1 aliphatic carbocycles. The van der Waals surface area contributed by atoms with Crippen molar-refractivity contribution in [2.45, 2.75) is 45.4 Å². The predicted molar refractivity (Wildman–Crippen MR) is 101 cm³/mol. The average molecular weight is 355 g/mol. The zero-order valence-electron chi connectivity index (χ0n) is 15.2. The minimum atomic E-state index is -0.303. The van der Waals surface area contributed by atoms with Crippen LogP contribution in [0.25, 0.3) is 0 Å². The summed E-state index contributed by atoms with van der Waals surface area (Å²) in [4.78, 5) is 25.9. The zero-order valence-corrected chi connectivity index (χ0v) is 15.2. The van der Waals surface area contributed by atoms with Crippen LogP contribution in [-0.2, 0) is 9.59 Å². The number of hydrogen-bond donors (Lipinski definition) is 1. The first kappa shape index (κ1) is 18.2. The van der Waals surface area contributed by atoms with Crippen molar-refractivity contribution in [2.24, 2.45) is 5.10 Å². The molecule has 3 rings (SSSR count). The number of fused-ring (bicyclic) bond motifs is 1. The molecule has 6 nitrogen and oxygen atoms in total. The van der Waals surface area contributed by atoms with Crippen molar-refractivity contribution in [1.29, 1.82) is 0 Å². The average Bonchev–Trinajstić information content (AvgIpc) is 3.10. The molecule has 1 aliphatic heterocycles. The monoisotopic (exact) mass is 355 g/mol. The summed E-state index contributed by atoms with van der Waals surface area (Å²) < 4.78 is 5.39. The van der Waals surface area contributed by atoms with Crippen molar-refractivity contribution in [3.8, 4) is 5.75 Å². The largest absolute Gasteiger partial charge is 0.482 e. The van der Waals surface area contributed by atoms with Gasteiger partial charge in [0.05, 0.1) is 11.4 Å². The van der Waals surface area contributed by atoms with Crippen molar-refractivity contribution < 1.29 is 14.3 Å². The Morgan fingerprint density at radius 3 is 3.00 bits per heavy atom. The van der Waals surface area contributed by atoms with Gasteiger partial charge in [-0.25, -0.2) is 5.43 Å². The first-order valence-electron chi connectivity index (χ1n) is 9.26. The molecule has 0 bridgehead atoms. The van der Waals surface area contributed by atoms with E-state index in [9.17, 15) is 9.59 Å². The highest BCUT2D eigenvalue weighted by atomic mass is 16.5. The Kier molecular flexibility index (Phi) is 6.04. The summed E-state index contributed by atoms with van der Waals surface area (Å²) in [6, 6.07) is 7.22. The molecule has 0 radical (unpaired) electrons. The Bertz CT molecular complexity index is 740. The lowest BCUT2D eigenvalue weighted by Gasteiger charge is -2.28. The topological polar surface area (TPSA) is 71.0 Å². The third-order valence-corrected chi connectivity index (χ3v) is 4.62. The summed E-state index contributed by atoms with van der Waals surface area (Å²) in [6.07, 6.45) is 8.60. The van der Waals surface area contributed by atoms with Gasteiger partial charge in [0.1, 0.15) is 12.3 Å².